The summed E-state index contributed by atoms with van der Waals surface area (Å²) in [5.74, 6) is -0.311. The van der Waals surface area contributed by atoms with Gasteiger partial charge < -0.3 is 10.2 Å². The molecule has 0 spiro atoms. The van der Waals surface area contributed by atoms with Gasteiger partial charge in [-0.05, 0) is 36.3 Å². The van der Waals surface area contributed by atoms with Gasteiger partial charge in [0.05, 0.1) is 12.5 Å². The largest absolute Gasteiger partial charge is 0.352 e. The summed E-state index contributed by atoms with van der Waals surface area (Å²) >= 11 is 0. The number of amides is 2. The zero-order chi connectivity index (χ0) is 22.5. The van der Waals surface area contributed by atoms with Crippen LogP contribution in [0.4, 0.5) is 5.69 Å². The first-order valence-electron chi connectivity index (χ1n) is 10.9. The fourth-order valence-corrected chi connectivity index (χ4v) is 3.36. The minimum atomic E-state index is -0.157. The van der Waals surface area contributed by atoms with Gasteiger partial charge in [0.25, 0.3) is 0 Å². The van der Waals surface area contributed by atoms with Gasteiger partial charge in [-0.2, -0.15) is 5.26 Å². The van der Waals surface area contributed by atoms with Crippen LogP contribution in [0, 0.1) is 11.3 Å². The molecule has 1 N–H and O–H groups in total. The van der Waals surface area contributed by atoms with E-state index < -0.39 is 0 Å². The van der Waals surface area contributed by atoms with Crippen molar-refractivity contribution in [2.45, 2.75) is 46.2 Å². The number of benzene rings is 2. The van der Waals surface area contributed by atoms with Crippen molar-refractivity contribution < 1.29 is 9.59 Å². The second-order valence-corrected chi connectivity index (χ2v) is 7.35. The Morgan fingerprint density at radius 2 is 1.68 bits per heavy atom. The van der Waals surface area contributed by atoms with Crippen LogP contribution in [0.15, 0.2) is 54.6 Å². The van der Waals surface area contributed by atoms with Crippen molar-refractivity contribution in [2.75, 3.05) is 24.5 Å². The molecule has 0 saturated heterocycles. The molecule has 0 unspecified atom stereocenters. The summed E-state index contributed by atoms with van der Waals surface area (Å²) in [6, 6.07) is 19.5. The highest BCUT2D eigenvalue weighted by atomic mass is 16.2. The molecule has 0 heterocycles. The fourth-order valence-electron chi connectivity index (χ4n) is 3.36. The minimum Gasteiger partial charge on any atom is -0.352 e. The van der Waals surface area contributed by atoms with E-state index in [9.17, 15) is 9.59 Å². The predicted octanol–water partition coefficient (Wildman–Crippen LogP) is 3.87. The molecule has 31 heavy (non-hydrogen) atoms. The number of hydrogen-bond donors (Lipinski definition) is 1. The van der Waals surface area contributed by atoms with Crippen LogP contribution in [0.5, 0.6) is 0 Å². The van der Waals surface area contributed by atoms with Crippen molar-refractivity contribution >= 4 is 17.5 Å². The molecular weight excluding hydrogens is 388 g/mol. The van der Waals surface area contributed by atoms with Crippen LogP contribution >= 0.6 is 0 Å². The minimum absolute atomic E-state index is 0.105. The lowest BCUT2D eigenvalue weighted by Crippen LogP contribution is -2.33. The summed E-state index contributed by atoms with van der Waals surface area (Å²) in [5.41, 5.74) is 3.01. The predicted molar refractivity (Wildman–Crippen MR) is 123 cm³/mol. The molecule has 6 heteroatoms. The first-order chi connectivity index (χ1) is 15.1. The SMILES string of the molecule is CCN(CC)Cc1cccc(CNC(=O)CCC(=O)N(CCC#N)c2ccccc2)c1. The molecule has 0 saturated carbocycles. The summed E-state index contributed by atoms with van der Waals surface area (Å²) in [4.78, 5) is 28.9. The average Bonchev–Trinajstić information content (AvgIpc) is 2.81. The van der Waals surface area contributed by atoms with E-state index in [0.29, 0.717) is 13.1 Å². The third-order valence-electron chi connectivity index (χ3n) is 5.16. The normalized spacial score (nSPS) is 10.5. The highest BCUT2D eigenvalue weighted by Gasteiger charge is 2.16. The molecule has 0 aliphatic carbocycles. The highest BCUT2D eigenvalue weighted by Crippen LogP contribution is 2.15. The number of hydrogen-bond acceptors (Lipinski definition) is 4. The van der Waals surface area contributed by atoms with Crippen molar-refractivity contribution in [2.24, 2.45) is 0 Å². The van der Waals surface area contributed by atoms with Gasteiger partial charge in [0.2, 0.25) is 11.8 Å². The Kier molecular flexibility index (Phi) is 10.3. The van der Waals surface area contributed by atoms with Crippen LogP contribution in [0.25, 0.3) is 0 Å². The third-order valence-corrected chi connectivity index (χ3v) is 5.16. The first kappa shape index (κ1) is 24.1. The van der Waals surface area contributed by atoms with Crippen molar-refractivity contribution in [3.05, 3.63) is 65.7 Å². The van der Waals surface area contributed by atoms with E-state index in [0.717, 1.165) is 30.9 Å². The molecule has 0 fully saturated rings. The van der Waals surface area contributed by atoms with E-state index in [1.807, 2.05) is 42.5 Å². The van der Waals surface area contributed by atoms with Crippen LogP contribution in [0.3, 0.4) is 0 Å². The highest BCUT2D eigenvalue weighted by molar-refractivity contribution is 5.95. The van der Waals surface area contributed by atoms with E-state index in [1.165, 1.54) is 5.56 Å². The Balaban J connectivity index is 1.85. The quantitative estimate of drug-likeness (QED) is 0.565. The Morgan fingerprint density at radius 3 is 2.35 bits per heavy atom. The van der Waals surface area contributed by atoms with Crippen molar-refractivity contribution in [3.8, 4) is 6.07 Å². The number of carbonyl (C=O) groups excluding carboxylic acids is 2. The van der Waals surface area contributed by atoms with Gasteiger partial charge >= 0.3 is 0 Å². The molecular formula is C25H32N4O2. The van der Waals surface area contributed by atoms with E-state index in [1.54, 1.807) is 4.90 Å². The maximum absolute atomic E-state index is 12.7. The Labute approximate surface area is 185 Å². The zero-order valence-corrected chi connectivity index (χ0v) is 18.5. The molecule has 0 aliphatic rings. The van der Waals surface area contributed by atoms with E-state index in [-0.39, 0.29) is 31.1 Å². The van der Waals surface area contributed by atoms with Gasteiger partial charge in [0, 0.05) is 38.2 Å². The second kappa shape index (κ2) is 13.2. The smallest absolute Gasteiger partial charge is 0.227 e. The van der Waals surface area contributed by atoms with Gasteiger partial charge in [-0.15, -0.1) is 0 Å². The van der Waals surface area contributed by atoms with Gasteiger partial charge in [0.1, 0.15) is 0 Å². The van der Waals surface area contributed by atoms with E-state index in [4.69, 9.17) is 5.26 Å². The molecule has 0 bridgehead atoms. The summed E-state index contributed by atoms with van der Waals surface area (Å²) in [7, 11) is 0. The van der Waals surface area contributed by atoms with Crippen LogP contribution in [0.2, 0.25) is 0 Å². The molecule has 0 radical (unpaired) electrons. The zero-order valence-electron chi connectivity index (χ0n) is 18.5. The Bertz CT molecular complexity index is 873. The number of carbonyl (C=O) groups is 2. The standard InChI is InChI=1S/C25H32N4O2/c1-3-28(4-2)20-22-11-8-10-21(18-22)19-27-24(30)14-15-25(31)29(17-9-16-26)23-12-6-5-7-13-23/h5-8,10-13,18H,3-4,9,14-15,17,19-20H2,1-2H3,(H,27,30). The summed E-state index contributed by atoms with van der Waals surface area (Å²) in [6.45, 7) is 7.94. The van der Waals surface area contributed by atoms with Crippen molar-refractivity contribution in [3.63, 3.8) is 0 Å². The molecule has 6 nitrogen and oxygen atoms in total. The average molecular weight is 421 g/mol. The van der Waals surface area contributed by atoms with Crippen LogP contribution in [0.1, 0.15) is 44.2 Å². The van der Waals surface area contributed by atoms with Crippen molar-refractivity contribution in [1.29, 1.82) is 5.26 Å². The first-order valence-corrected chi connectivity index (χ1v) is 10.9. The Morgan fingerprint density at radius 1 is 0.968 bits per heavy atom. The lowest BCUT2D eigenvalue weighted by molar-refractivity contribution is -0.125. The molecule has 0 aromatic heterocycles. The van der Waals surface area contributed by atoms with Gasteiger partial charge in [-0.3, -0.25) is 14.5 Å². The molecule has 164 valence electrons. The van der Waals surface area contributed by atoms with Gasteiger partial charge in [-0.1, -0.05) is 56.3 Å². The number of nitrogens with one attached hydrogen (secondary N) is 1. The van der Waals surface area contributed by atoms with Gasteiger partial charge in [-0.25, -0.2) is 0 Å². The van der Waals surface area contributed by atoms with Crippen LogP contribution in [-0.4, -0.2) is 36.3 Å². The van der Waals surface area contributed by atoms with Gasteiger partial charge in [0.15, 0.2) is 0 Å². The number of anilines is 1. The monoisotopic (exact) mass is 420 g/mol. The lowest BCUT2D eigenvalue weighted by atomic mass is 10.1. The maximum Gasteiger partial charge on any atom is 0.227 e. The fraction of sp³-hybridized carbons (Fsp3) is 0.400. The number of rotatable bonds is 12. The lowest BCUT2D eigenvalue weighted by Gasteiger charge is -2.21. The topological polar surface area (TPSA) is 76.4 Å². The third kappa shape index (κ3) is 8.23. The van der Waals surface area contributed by atoms with Crippen LogP contribution < -0.4 is 10.2 Å². The van der Waals surface area contributed by atoms with Crippen LogP contribution in [-0.2, 0) is 22.7 Å². The summed E-state index contributed by atoms with van der Waals surface area (Å²) in [5, 5.41) is 11.8. The van der Waals surface area contributed by atoms with E-state index >= 15 is 0 Å². The molecule has 0 atom stereocenters. The second-order valence-electron chi connectivity index (χ2n) is 7.35. The molecule has 2 rings (SSSR count). The summed E-state index contributed by atoms with van der Waals surface area (Å²) in [6.07, 6.45) is 0.471. The number of nitriles is 1. The number of nitrogens with zero attached hydrogens (tertiary/aromatic N) is 3. The summed E-state index contributed by atoms with van der Waals surface area (Å²) < 4.78 is 0. The maximum atomic E-state index is 12.7. The Hall–Kier alpha value is -3.17. The van der Waals surface area contributed by atoms with E-state index in [2.05, 4.69) is 42.3 Å². The molecule has 2 amide bonds. The molecule has 2 aromatic rings. The van der Waals surface area contributed by atoms with Crippen molar-refractivity contribution in [1.82, 2.24) is 10.2 Å². The molecule has 2 aromatic carbocycles. The number of para-hydroxylation sites is 1. The molecule has 0 aliphatic heterocycles.